The third kappa shape index (κ3) is 2.85. The second-order valence-corrected chi connectivity index (χ2v) is 6.81. The molecule has 21 heavy (non-hydrogen) atoms. The number of aromatic nitrogens is 3. The third-order valence-corrected chi connectivity index (χ3v) is 5.69. The number of aryl methyl sites for hydroxylation is 2. The topological polar surface area (TPSA) is 42.7 Å². The fourth-order valence-corrected chi connectivity index (χ4v) is 4.37. The van der Waals surface area contributed by atoms with Crippen molar-refractivity contribution >= 4 is 11.8 Å². The van der Waals surface area contributed by atoms with Crippen LogP contribution in [-0.4, -0.2) is 27.1 Å². The molecule has 2 unspecified atom stereocenters. The van der Waals surface area contributed by atoms with Crippen LogP contribution in [0.1, 0.15) is 35.8 Å². The summed E-state index contributed by atoms with van der Waals surface area (Å²) in [6, 6.07) is 9.18. The van der Waals surface area contributed by atoms with Crippen LogP contribution in [-0.2, 0) is 13.5 Å². The van der Waals surface area contributed by atoms with Crippen molar-refractivity contribution in [3.63, 3.8) is 0 Å². The summed E-state index contributed by atoms with van der Waals surface area (Å²) >= 11 is 1.85. The summed E-state index contributed by atoms with van der Waals surface area (Å²) in [6.45, 7) is 2.00. The van der Waals surface area contributed by atoms with Gasteiger partial charge in [0.15, 0.2) is 5.16 Å². The van der Waals surface area contributed by atoms with Crippen molar-refractivity contribution in [2.75, 3.05) is 7.05 Å². The number of rotatable bonds is 3. The summed E-state index contributed by atoms with van der Waals surface area (Å²) in [5.41, 5.74) is 2.92. The quantitative estimate of drug-likeness (QED) is 0.885. The fraction of sp³-hybridized carbons (Fsp3) is 0.500. The molecular weight excluding hydrogens is 280 g/mol. The largest absolute Gasteiger partial charge is 0.312 e. The Hall–Kier alpha value is -1.33. The van der Waals surface area contributed by atoms with Crippen LogP contribution in [0.3, 0.4) is 0 Å². The van der Waals surface area contributed by atoms with Gasteiger partial charge < -0.3 is 9.88 Å². The maximum Gasteiger partial charge on any atom is 0.191 e. The van der Waals surface area contributed by atoms with Crippen LogP contribution in [0, 0.1) is 6.92 Å². The van der Waals surface area contributed by atoms with Crippen LogP contribution in [0.5, 0.6) is 0 Å². The molecule has 1 aromatic heterocycles. The Labute approximate surface area is 130 Å². The molecule has 112 valence electrons. The first-order valence-electron chi connectivity index (χ1n) is 7.48. The molecule has 1 heterocycles. The van der Waals surface area contributed by atoms with Crippen LogP contribution in [0.25, 0.3) is 0 Å². The van der Waals surface area contributed by atoms with E-state index in [2.05, 4.69) is 51.4 Å². The highest BCUT2D eigenvalue weighted by Crippen LogP contribution is 2.38. The molecule has 0 saturated heterocycles. The van der Waals surface area contributed by atoms with Gasteiger partial charge in [-0.05, 0) is 44.4 Å². The molecule has 0 spiro atoms. The van der Waals surface area contributed by atoms with Crippen molar-refractivity contribution < 1.29 is 0 Å². The van der Waals surface area contributed by atoms with E-state index < -0.39 is 0 Å². The van der Waals surface area contributed by atoms with E-state index in [4.69, 9.17) is 0 Å². The molecule has 5 heteroatoms. The fourth-order valence-electron chi connectivity index (χ4n) is 3.02. The highest BCUT2D eigenvalue weighted by molar-refractivity contribution is 7.99. The van der Waals surface area contributed by atoms with Crippen molar-refractivity contribution in [2.24, 2.45) is 7.05 Å². The van der Waals surface area contributed by atoms with E-state index in [0.717, 1.165) is 11.0 Å². The third-order valence-electron chi connectivity index (χ3n) is 4.32. The predicted molar refractivity (Wildman–Crippen MR) is 86.6 cm³/mol. The number of nitrogens with one attached hydrogen (secondary N) is 1. The Balaban J connectivity index is 1.89. The lowest BCUT2D eigenvalue weighted by Gasteiger charge is -2.25. The van der Waals surface area contributed by atoms with Crippen LogP contribution in [0.4, 0.5) is 0 Å². The zero-order valence-corrected chi connectivity index (χ0v) is 13.7. The first-order chi connectivity index (χ1) is 10.2. The van der Waals surface area contributed by atoms with Gasteiger partial charge in [0.05, 0.1) is 0 Å². The highest BCUT2D eigenvalue weighted by Gasteiger charge is 2.28. The summed E-state index contributed by atoms with van der Waals surface area (Å²) in [5, 5.41) is 13.5. The van der Waals surface area contributed by atoms with E-state index in [1.54, 1.807) is 0 Å². The van der Waals surface area contributed by atoms with Gasteiger partial charge in [-0.15, -0.1) is 10.2 Å². The molecule has 0 radical (unpaired) electrons. The van der Waals surface area contributed by atoms with Gasteiger partial charge in [-0.2, -0.15) is 0 Å². The molecule has 0 saturated carbocycles. The number of nitrogens with zero attached hydrogens (tertiary/aromatic N) is 3. The van der Waals surface area contributed by atoms with Crippen molar-refractivity contribution in [2.45, 2.75) is 42.6 Å². The Morgan fingerprint density at radius 1 is 1.29 bits per heavy atom. The minimum atomic E-state index is 0.366. The molecule has 1 aliphatic carbocycles. The lowest BCUT2D eigenvalue weighted by molar-refractivity contribution is 0.545. The van der Waals surface area contributed by atoms with Crippen molar-refractivity contribution in [3.8, 4) is 0 Å². The average Bonchev–Trinajstić information content (AvgIpc) is 2.73. The van der Waals surface area contributed by atoms with Crippen molar-refractivity contribution in [3.05, 3.63) is 41.2 Å². The van der Waals surface area contributed by atoms with Gasteiger partial charge in [0.25, 0.3) is 0 Å². The van der Waals surface area contributed by atoms with Gasteiger partial charge in [0.2, 0.25) is 0 Å². The molecule has 0 fully saturated rings. The molecule has 3 rings (SSSR count). The number of thioether (sulfide) groups is 1. The number of hydrogen-bond donors (Lipinski definition) is 1. The molecule has 0 amide bonds. The zero-order chi connectivity index (χ0) is 14.8. The van der Waals surface area contributed by atoms with Crippen LogP contribution < -0.4 is 5.32 Å². The SMILES string of the molecule is CNC1c2ccccc2CCCC1Sc1nnc(C)n1C. The molecular formula is C16H22N4S. The normalized spacial score (nSPS) is 21.9. The maximum atomic E-state index is 4.31. The van der Waals surface area contributed by atoms with Gasteiger partial charge in [0.1, 0.15) is 5.82 Å². The lowest BCUT2D eigenvalue weighted by Crippen LogP contribution is -2.27. The first kappa shape index (κ1) is 14.6. The summed E-state index contributed by atoms with van der Waals surface area (Å²) < 4.78 is 2.08. The minimum absolute atomic E-state index is 0.366. The molecule has 2 atom stereocenters. The van der Waals surface area contributed by atoms with Gasteiger partial charge in [-0.1, -0.05) is 36.0 Å². The average molecular weight is 302 g/mol. The predicted octanol–water partition coefficient (Wildman–Crippen LogP) is 2.88. The summed E-state index contributed by atoms with van der Waals surface area (Å²) in [4.78, 5) is 0. The monoisotopic (exact) mass is 302 g/mol. The van der Waals surface area contributed by atoms with Gasteiger partial charge >= 0.3 is 0 Å². The first-order valence-corrected chi connectivity index (χ1v) is 8.36. The number of fused-ring (bicyclic) bond motifs is 1. The van der Waals surface area contributed by atoms with Crippen molar-refractivity contribution in [1.82, 2.24) is 20.1 Å². The van der Waals surface area contributed by atoms with Crippen LogP contribution in [0.2, 0.25) is 0 Å². The number of benzene rings is 1. The van der Waals surface area contributed by atoms with E-state index in [9.17, 15) is 0 Å². The van der Waals surface area contributed by atoms with Crippen LogP contribution in [0.15, 0.2) is 29.4 Å². The Morgan fingerprint density at radius 3 is 2.81 bits per heavy atom. The van der Waals surface area contributed by atoms with E-state index in [1.807, 2.05) is 25.7 Å². The maximum absolute atomic E-state index is 4.31. The van der Waals surface area contributed by atoms with Crippen molar-refractivity contribution in [1.29, 1.82) is 0 Å². The molecule has 2 aromatic rings. The molecule has 1 N–H and O–H groups in total. The summed E-state index contributed by atoms with van der Waals surface area (Å²) in [6.07, 6.45) is 3.59. The standard InChI is InChI=1S/C16H22N4S/c1-11-18-19-16(20(11)3)21-14-10-6-8-12-7-4-5-9-13(12)15(14)17-2/h4-5,7,9,14-15,17H,6,8,10H2,1-3H3. The Kier molecular flexibility index (Phi) is 4.31. The lowest BCUT2D eigenvalue weighted by atomic mass is 9.99. The van der Waals surface area contributed by atoms with Gasteiger partial charge in [-0.3, -0.25) is 0 Å². The van der Waals surface area contributed by atoms with Gasteiger partial charge in [-0.25, -0.2) is 0 Å². The summed E-state index contributed by atoms with van der Waals surface area (Å²) in [7, 11) is 4.10. The van der Waals surface area contributed by atoms with Crippen LogP contribution >= 0.6 is 11.8 Å². The van der Waals surface area contributed by atoms with E-state index in [0.29, 0.717) is 11.3 Å². The Morgan fingerprint density at radius 2 is 2.10 bits per heavy atom. The van der Waals surface area contributed by atoms with Gasteiger partial charge in [0, 0.05) is 18.3 Å². The molecule has 1 aliphatic rings. The highest BCUT2D eigenvalue weighted by atomic mass is 32.2. The van der Waals surface area contributed by atoms with E-state index >= 15 is 0 Å². The second kappa shape index (κ2) is 6.20. The minimum Gasteiger partial charge on any atom is -0.312 e. The second-order valence-electron chi connectivity index (χ2n) is 5.60. The molecule has 1 aromatic carbocycles. The zero-order valence-electron chi connectivity index (χ0n) is 12.8. The summed E-state index contributed by atoms with van der Waals surface area (Å²) in [5.74, 6) is 0.965. The van der Waals surface area contributed by atoms with E-state index in [-0.39, 0.29) is 0 Å². The smallest absolute Gasteiger partial charge is 0.191 e. The number of hydrogen-bond acceptors (Lipinski definition) is 4. The molecule has 4 nitrogen and oxygen atoms in total. The molecule has 0 aliphatic heterocycles. The van der Waals surface area contributed by atoms with E-state index in [1.165, 1.54) is 30.4 Å². The molecule has 0 bridgehead atoms. The Bertz CT molecular complexity index is 622.